The normalized spacial score (nSPS) is 12.0. The molecule has 0 radical (unpaired) electrons. The number of benzene rings is 1. The van der Waals surface area contributed by atoms with Crippen LogP contribution in [0.15, 0.2) is 44.5 Å². The Labute approximate surface area is 186 Å². The third kappa shape index (κ3) is 4.54. The number of nitrogens with zero attached hydrogens (tertiary/aromatic N) is 1. The summed E-state index contributed by atoms with van der Waals surface area (Å²) in [7, 11) is 3.15. The predicted molar refractivity (Wildman–Crippen MR) is 125 cm³/mol. The van der Waals surface area contributed by atoms with Gasteiger partial charge in [0.05, 0.1) is 23.6 Å². The maximum atomic E-state index is 12.3. The molecule has 32 heavy (non-hydrogen) atoms. The molecule has 1 amide bonds. The van der Waals surface area contributed by atoms with E-state index in [4.69, 9.17) is 4.42 Å². The number of hydrogen-bond acceptors (Lipinski definition) is 7. The fourth-order valence-corrected chi connectivity index (χ4v) is 3.48. The maximum absolute atomic E-state index is 12.3. The summed E-state index contributed by atoms with van der Waals surface area (Å²) in [5.41, 5.74) is 0.222. The Kier molecular flexibility index (Phi) is 7.02. The average Bonchev–Trinajstić information content (AvgIpc) is 3.26. The second-order valence-corrected chi connectivity index (χ2v) is 8.00. The van der Waals surface area contributed by atoms with Crippen molar-refractivity contribution in [1.82, 2.24) is 4.90 Å². The van der Waals surface area contributed by atoms with Crippen LogP contribution in [0.5, 0.6) is 5.75 Å². The number of aryl methyl sites for hydroxylation is 1. The van der Waals surface area contributed by atoms with Crippen LogP contribution in [0.25, 0.3) is 0 Å². The molecule has 3 aromatic rings. The van der Waals surface area contributed by atoms with Crippen molar-refractivity contribution in [2.45, 2.75) is 45.6 Å². The molecular formula is C24H29N3O5. The van der Waals surface area contributed by atoms with E-state index in [9.17, 15) is 19.5 Å². The second-order valence-electron chi connectivity index (χ2n) is 8.00. The number of phenols is 1. The number of hydrogen-bond donors (Lipinski definition) is 3. The van der Waals surface area contributed by atoms with Gasteiger partial charge in [0.15, 0.2) is 5.75 Å². The van der Waals surface area contributed by atoms with Gasteiger partial charge in [-0.25, -0.2) is 0 Å². The van der Waals surface area contributed by atoms with Crippen LogP contribution in [0.2, 0.25) is 0 Å². The molecule has 0 spiro atoms. The number of unbranched alkanes of at least 4 members (excludes halogenated alkanes) is 1. The highest BCUT2D eigenvalue weighted by molar-refractivity contribution is 5.99. The summed E-state index contributed by atoms with van der Waals surface area (Å²) in [4.78, 5) is 38.1. The van der Waals surface area contributed by atoms with Crippen molar-refractivity contribution in [2.24, 2.45) is 0 Å². The molecule has 1 aromatic heterocycles. The Morgan fingerprint density at radius 2 is 1.88 bits per heavy atom. The predicted octanol–water partition coefficient (Wildman–Crippen LogP) is 3.93. The zero-order valence-corrected chi connectivity index (χ0v) is 18.8. The molecule has 8 heteroatoms. The molecule has 170 valence electrons. The number of furan rings is 1. The van der Waals surface area contributed by atoms with Gasteiger partial charge in [-0.05, 0) is 43.0 Å². The minimum atomic E-state index is -0.686. The molecule has 1 atom stereocenters. The smallest absolute Gasteiger partial charge is 0.257 e. The number of aromatic hydroxyl groups is 1. The van der Waals surface area contributed by atoms with Crippen molar-refractivity contribution in [3.63, 3.8) is 0 Å². The van der Waals surface area contributed by atoms with Crippen molar-refractivity contribution in [2.75, 3.05) is 24.7 Å². The van der Waals surface area contributed by atoms with Gasteiger partial charge >= 0.3 is 0 Å². The first-order chi connectivity index (χ1) is 15.3. The highest BCUT2D eigenvalue weighted by Gasteiger charge is 2.26. The molecule has 0 aliphatic carbocycles. The number of phenolic OH excluding ortho intramolecular Hbond substituents is 1. The first kappa shape index (κ1) is 23.1. The molecular weight excluding hydrogens is 410 g/mol. The van der Waals surface area contributed by atoms with Crippen LogP contribution in [0.3, 0.4) is 0 Å². The third-order valence-corrected chi connectivity index (χ3v) is 5.41. The first-order valence-electron chi connectivity index (χ1n) is 10.8. The quantitative estimate of drug-likeness (QED) is 0.324. The Morgan fingerprint density at radius 1 is 1.16 bits per heavy atom. The Morgan fingerprint density at radius 3 is 2.53 bits per heavy atom. The van der Waals surface area contributed by atoms with E-state index in [1.165, 1.54) is 17.0 Å². The van der Waals surface area contributed by atoms with Gasteiger partial charge in [-0.2, -0.15) is 0 Å². The molecule has 3 N–H and O–H groups in total. The van der Waals surface area contributed by atoms with Crippen LogP contribution >= 0.6 is 0 Å². The van der Waals surface area contributed by atoms with E-state index in [1.807, 2.05) is 13.0 Å². The number of carbonyl (C=O) groups is 1. The molecule has 8 nitrogen and oxygen atoms in total. The van der Waals surface area contributed by atoms with E-state index in [2.05, 4.69) is 17.6 Å². The van der Waals surface area contributed by atoms with Gasteiger partial charge in [0, 0.05) is 14.1 Å². The standard InChI is InChI=1S/C24H29N3O5/c1-5-7-9-14-12-18(32-13-14)16(6-2)25-19-20(23(30)22(19)29)26-17-11-8-10-15(21(17)28)24(31)27(3)4/h8,10-13,16,25-26,28H,5-7,9H2,1-4H3/t16-/m1/s1. The van der Waals surface area contributed by atoms with E-state index in [0.717, 1.165) is 24.8 Å². The van der Waals surface area contributed by atoms with Crippen LogP contribution in [-0.4, -0.2) is 30.0 Å². The van der Waals surface area contributed by atoms with Gasteiger partial charge in [-0.3, -0.25) is 14.4 Å². The highest BCUT2D eigenvalue weighted by atomic mass is 16.3. The lowest BCUT2D eigenvalue weighted by atomic mass is 10.1. The Hall–Kier alpha value is -3.55. The van der Waals surface area contributed by atoms with Crippen molar-refractivity contribution in [3.05, 3.63) is 67.9 Å². The van der Waals surface area contributed by atoms with Crippen LogP contribution in [0, 0.1) is 0 Å². The van der Waals surface area contributed by atoms with Crippen molar-refractivity contribution in [3.8, 4) is 5.75 Å². The number of rotatable bonds is 10. The molecule has 0 bridgehead atoms. The molecule has 3 rings (SSSR count). The zero-order valence-electron chi connectivity index (χ0n) is 18.8. The van der Waals surface area contributed by atoms with Crippen LogP contribution < -0.4 is 21.5 Å². The van der Waals surface area contributed by atoms with Crippen molar-refractivity contribution in [1.29, 1.82) is 0 Å². The minimum absolute atomic E-state index is 0.0518. The van der Waals surface area contributed by atoms with Crippen molar-refractivity contribution < 1.29 is 14.3 Å². The number of carbonyl (C=O) groups excluding carboxylic acids is 1. The molecule has 0 aliphatic rings. The summed E-state index contributed by atoms with van der Waals surface area (Å²) in [6.07, 6.45) is 5.43. The van der Waals surface area contributed by atoms with E-state index >= 15 is 0 Å². The summed E-state index contributed by atoms with van der Waals surface area (Å²) in [6.45, 7) is 4.08. The largest absolute Gasteiger partial charge is 0.505 e. The van der Waals surface area contributed by atoms with Crippen LogP contribution in [-0.2, 0) is 6.42 Å². The minimum Gasteiger partial charge on any atom is -0.505 e. The fraction of sp³-hybridized carbons (Fsp3) is 0.375. The van der Waals surface area contributed by atoms with Gasteiger partial charge < -0.3 is 25.1 Å². The SMILES string of the molecule is CCCCc1coc([C@@H](CC)Nc2c(Nc3cccc(C(=O)N(C)C)c3O)c(=O)c2=O)c1. The van der Waals surface area contributed by atoms with Crippen LogP contribution in [0.1, 0.15) is 60.8 Å². The summed E-state index contributed by atoms with van der Waals surface area (Å²) < 4.78 is 5.70. The molecule has 0 unspecified atom stereocenters. The third-order valence-electron chi connectivity index (χ3n) is 5.41. The summed E-state index contributed by atoms with van der Waals surface area (Å²) in [6, 6.07) is 6.30. The summed E-state index contributed by atoms with van der Waals surface area (Å²) in [5, 5.41) is 16.5. The lowest BCUT2D eigenvalue weighted by Crippen LogP contribution is -2.37. The number of anilines is 3. The van der Waals surface area contributed by atoms with E-state index in [1.54, 1.807) is 26.4 Å². The van der Waals surface area contributed by atoms with Crippen LogP contribution in [0.4, 0.5) is 17.1 Å². The Bertz CT molecular complexity index is 1170. The molecule has 2 aromatic carbocycles. The van der Waals surface area contributed by atoms with E-state index < -0.39 is 10.9 Å². The van der Waals surface area contributed by atoms with Gasteiger partial charge in [0.1, 0.15) is 17.1 Å². The van der Waals surface area contributed by atoms with Gasteiger partial charge in [0.25, 0.3) is 16.8 Å². The van der Waals surface area contributed by atoms with Gasteiger partial charge in [-0.15, -0.1) is 0 Å². The highest BCUT2D eigenvalue weighted by Crippen LogP contribution is 2.33. The molecule has 1 heterocycles. The number of amides is 1. The van der Waals surface area contributed by atoms with E-state index in [-0.39, 0.29) is 40.3 Å². The first-order valence-corrected chi connectivity index (χ1v) is 10.8. The number of nitrogens with one attached hydrogen (secondary N) is 2. The number of para-hydroxylation sites is 1. The lowest BCUT2D eigenvalue weighted by Gasteiger charge is -2.21. The monoisotopic (exact) mass is 439 g/mol. The van der Waals surface area contributed by atoms with E-state index in [0.29, 0.717) is 12.2 Å². The summed E-state index contributed by atoms with van der Waals surface area (Å²) >= 11 is 0. The summed E-state index contributed by atoms with van der Waals surface area (Å²) in [5.74, 6) is 0.0279. The maximum Gasteiger partial charge on any atom is 0.257 e. The zero-order chi connectivity index (χ0) is 23.4. The lowest BCUT2D eigenvalue weighted by molar-refractivity contribution is 0.0824. The Balaban J connectivity index is 1.84. The van der Waals surface area contributed by atoms with Crippen molar-refractivity contribution >= 4 is 23.0 Å². The average molecular weight is 440 g/mol. The fourth-order valence-electron chi connectivity index (χ4n) is 3.48. The van der Waals surface area contributed by atoms with Gasteiger partial charge in [0.2, 0.25) is 0 Å². The topological polar surface area (TPSA) is 112 Å². The van der Waals surface area contributed by atoms with Gasteiger partial charge in [-0.1, -0.05) is 26.3 Å². The molecule has 0 fully saturated rings. The molecule has 0 saturated carbocycles. The molecule has 0 saturated heterocycles. The second kappa shape index (κ2) is 9.72. The molecule has 0 aliphatic heterocycles.